The van der Waals surface area contributed by atoms with Crippen molar-refractivity contribution in [1.82, 2.24) is 10.2 Å². The van der Waals surface area contributed by atoms with E-state index in [1.165, 1.54) is 19.4 Å². The fraction of sp³-hybridized carbons (Fsp3) is 0.923. The summed E-state index contributed by atoms with van der Waals surface area (Å²) in [7, 11) is 0. The summed E-state index contributed by atoms with van der Waals surface area (Å²) in [4.78, 5) is 14.0. The number of likely N-dealkylation sites (tertiary alicyclic amines) is 1. The van der Waals surface area contributed by atoms with Gasteiger partial charge in [0.05, 0.1) is 0 Å². The molecule has 1 aliphatic heterocycles. The number of hydrogen-bond acceptors (Lipinski definition) is 3. The van der Waals surface area contributed by atoms with Gasteiger partial charge < -0.3 is 16.0 Å². The summed E-state index contributed by atoms with van der Waals surface area (Å²) in [5.74, 6) is 0.169. The third-order valence-corrected chi connectivity index (χ3v) is 3.39. The first-order valence-corrected chi connectivity index (χ1v) is 6.98. The predicted molar refractivity (Wildman–Crippen MR) is 85.3 cm³/mol. The van der Waals surface area contributed by atoms with Gasteiger partial charge in [-0.3, -0.25) is 4.79 Å². The van der Waals surface area contributed by atoms with Crippen LogP contribution >= 0.6 is 24.8 Å². The topological polar surface area (TPSA) is 58.4 Å². The van der Waals surface area contributed by atoms with Crippen LogP contribution in [0.2, 0.25) is 0 Å². The highest BCUT2D eigenvalue weighted by Crippen LogP contribution is 2.11. The van der Waals surface area contributed by atoms with E-state index in [9.17, 15) is 4.79 Å². The van der Waals surface area contributed by atoms with E-state index in [0.29, 0.717) is 19.0 Å². The van der Waals surface area contributed by atoms with Crippen molar-refractivity contribution in [3.63, 3.8) is 0 Å². The lowest BCUT2D eigenvalue weighted by molar-refractivity contribution is -0.122. The molecule has 1 aliphatic rings. The Balaban J connectivity index is 0. The summed E-state index contributed by atoms with van der Waals surface area (Å²) in [6, 6.07) is 0.387. The summed E-state index contributed by atoms with van der Waals surface area (Å²) in [5.41, 5.74) is 5.39. The second-order valence-corrected chi connectivity index (χ2v) is 4.93. The first-order valence-electron chi connectivity index (χ1n) is 6.98. The lowest BCUT2D eigenvalue weighted by Crippen LogP contribution is -2.44. The van der Waals surface area contributed by atoms with Crippen molar-refractivity contribution >= 4 is 30.7 Å². The van der Waals surface area contributed by atoms with E-state index >= 15 is 0 Å². The van der Waals surface area contributed by atoms with E-state index in [1.54, 1.807) is 0 Å². The van der Waals surface area contributed by atoms with Gasteiger partial charge in [-0.05, 0) is 38.8 Å². The maximum atomic E-state index is 11.5. The van der Waals surface area contributed by atoms with Crippen LogP contribution in [0.5, 0.6) is 0 Å². The van der Waals surface area contributed by atoms with Crippen molar-refractivity contribution in [3.05, 3.63) is 0 Å². The fourth-order valence-electron chi connectivity index (χ4n) is 2.25. The second kappa shape index (κ2) is 13.0. The van der Waals surface area contributed by atoms with Crippen molar-refractivity contribution in [2.45, 2.75) is 51.5 Å². The van der Waals surface area contributed by atoms with Crippen LogP contribution in [0.15, 0.2) is 0 Å². The van der Waals surface area contributed by atoms with E-state index in [-0.39, 0.29) is 30.7 Å². The standard InChI is InChI=1S/C13H27N3O.2ClH/c1-2-3-9-16-10-6-12(7-11-16)15-13(17)5-4-8-14;;/h12H,2-11,14H2,1H3,(H,15,17);2*1H. The maximum absolute atomic E-state index is 11.5. The molecule has 0 spiro atoms. The molecule has 0 unspecified atom stereocenters. The minimum Gasteiger partial charge on any atom is -0.353 e. The Morgan fingerprint density at radius 1 is 1.26 bits per heavy atom. The summed E-state index contributed by atoms with van der Waals surface area (Å²) >= 11 is 0. The van der Waals surface area contributed by atoms with Gasteiger partial charge in [-0.25, -0.2) is 0 Å². The minimum atomic E-state index is 0. The zero-order valence-corrected chi connectivity index (χ0v) is 13.5. The van der Waals surface area contributed by atoms with Crippen LogP contribution in [-0.4, -0.2) is 43.0 Å². The molecule has 0 radical (unpaired) electrons. The number of nitrogens with zero attached hydrogens (tertiary/aromatic N) is 1. The number of piperidine rings is 1. The Bertz CT molecular complexity index is 222. The van der Waals surface area contributed by atoms with E-state index < -0.39 is 0 Å². The van der Waals surface area contributed by atoms with Crippen molar-refractivity contribution in [2.75, 3.05) is 26.2 Å². The number of nitrogens with one attached hydrogen (secondary N) is 1. The highest BCUT2D eigenvalue weighted by Gasteiger charge is 2.19. The molecule has 3 N–H and O–H groups in total. The monoisotopic (exact) mass is 313 g/mol. The first kappa shape index (κ1) is 21.3. The van der Waals surface area contributed by atoms with Crippen LogP contribution in [0.3, 0.4) is 0 Å². The quantitative estimate of drug-likeness (QED) is 0.755. The van der Waals surface area contributed by atoms with Crippen molar-refractivity contribution in [2.24, 2.45) is 5.73 Å². The second-order valence-electron chi connectivity index (χ2n) is 4.93. The number of rotatable bonds is 7. The first-order chi connectivity index (χ1) is 8.26. The van der Waals surface area contributed by atoms with Gasteiger partial charge in [-0.15, -0.1) is 24.8 Å². The smallest absolute Gasteiger partial charge is 0.220 e. The van der Waals surface area contributed by atoms with Crippen molar-refractivity contribution in [3.8, 4) is 0 Å². The van der Waals surface area contributed by atoms with Crippen LogP contribution in [0.25, 0.3) is 0 Å². The van der Waals surface area contributed by atoms with Gasteiger partial charge in [0.2, 0.25) is 5.91 Å². The molecule has 6 heteroatoms. The Hall–Kier alpha value is -0.0300. The Morgan fingerprint density at radius 3 is 2.42 bits per heavy atom. The number of carbonyl (C=O) groups excluding carboxylic acids is 1. The van der Waals surface area contributed by atoms with Gasteiger partial charge in [0.25, 0.3) is 0 Å². The molecule has 0 saturated carbocycles. The van der Waals surface area contributed by atoms with E-state index in [2.05, 4.69) is 17.1 Å². The molecule has 1 amide bonds. The Morgan fingerprint density at radius 2 is 1.89 bits per heavy atom. The average molecular weight is 314 g/mol. The lowest BCUT2D eigenvalue weighted by atomic mass is 10.0. The van der Waals surface area contributed by atoms with Crippen LogP contribution in [0.4, 0.5) is 0 Å². The van der Waals surface area contributed by atoms with Crippen LogP contribution in [0.1, 0.15) is 45.4 Å². The molecular weight excluding hydrogens is 285 g/mol. The van der Waals surface area contributed by atoms with Gasteiger partial charge in [0.15, 0.2) is 0 Å². The third-order valence-electron chi connectivity index (χ3n) is 3.39. The zero-order valence-electron chi connectivity index (χ0n) is 11.9. The summed E-state index contributed by atoms with van der Waals surface area (Å²) in [6.07, 6.45) is 6.10. The molecule has 19 heavy (non-hydrogen) atoms. The largest absolute Gasteiger partial charge is 0.353 e. The summed E-state index contributed by atoms with van der Waals surface area (Å²) in [5, 5.41) is 3.11. The maximum Gasteiger partial charge on any atom is 0.220 e. The summed E-state index contributed by atoms with van der Waals surface area (Å²) < 4.78 is 0. The van der Waals surface area contributed by atoms with Gasteiger partial charge in [0, 0.05) is 25.6 Å². The molecule has 0 aromatic carbocycles. The highest BCUT2D eigenvalue weighted by molar-refractivity contribution is 5.85. The normalized spacial score (nSPS) is 16.3. The third kappa shape index (κ3) is 9.50. The molecule has 1 saturated heterocycles. The molecule has 116 valence electrons. The Kier molecular flexibility index (Phi) is 14.5. The number of unbranched alkanes of at least 4 members (excludes halogenated alkanes) is 1. The van der Waals surface area contributed by atoms with Crippen LogP contribution in [0, 0.1) is 0 Å². The van der Waals surface area contributed by atoms with E-state index in [4.69, 9.17) is 5.73 Å². The molecule has 1 rings (SSSR count). The summed E-state index contributed by atoms with van der Waals surface area (Å²) in [6.45, 7) is 6.29. The highest BCUT2D eigenvalue weighted by atomic mass is 35.5. The van der Waals surface area contributed by atoms with Gasteiger partial charge in [0.1, 0.15) is 0 Å². The van der Waals surface area contributed by atoms with Gasteiger partial charge in [-0.2, -0.15) is 0 Å². The van der Waals surface area contributed by atoms with Crippen molar-refractivity contribution < 1.29 is 4.79 Å². The number of halogens is 2. The van der Waals surface area contributed by atoms with E-state index in [1.807, 2.05) is 0 Å². The van der Waals surface area contributed by atoms with Crippen LogP contribution < -0.4 is 11.1 Å². The average Bonchev–Trinajstić information content (AvgIpc) is 2.35. The number of amides is 1. The molecule has 1 heterocycles. The SMILES string of the molecule is CCCCN1CCC(NC(=O)CCCN)CC1.Cl.Cl. The Labute approximate surface area is 129 Å². The molecule has 0 aliphatic carbocycles. The number of nitrogens with two attached hydrogens (primary N) is 1. The zero-order chi connectivity index (χ0) is 12.5. The lowest BCUT2D eigenvalue weighted by Gasteiger charge is -2.32. The molecule has 4 nitrogen and oxygen atoms in total. The van der Waals surface area contributed by atoms with Gasteiger partial charge >= 0.3 is 0 Å². The molecule has 0 atom stereocenters. The molecule has 1 fully saturated rings. The molecule has 0 aromatic heterocycles. The number of hydrogen-bond donors (Lipinski definition) is 2. The van der Waals surface area contributed by atoms with Gasteiger partial charge in [-0.1, -0.05) is 13.3 Å². The number of carbonyl (C=O) groups is 1. The molecular formula is C13H29Cl2N3O. The molecule has 0 aromatic rings. The van der Waals surface area contributed by atoms with Crippen LogP contribution in [-0.2, 0) is 4.79 Å². The molecule has 0 bridgehead atoms. The predicted octanol–water partition coefficient (Wildman–Crippen LogP) is 1.95. The fourth-order valence-corrected chi connectivity index (χ4v) is 2.25. The minimum absolute atomic E-state index is 0. The van der Waals surface area contributed by atoms with E-state index in [0.717, 1.165) is 32.4 Å². The van der Waals surface area contributed by atoms with Crippen molar-refractivity contribution in [1.29, 1.82) is 0 Å².